The molecule has 1 N–H and O–H groups in total. The first kappa shape index (κ1) is 17.1. The van der Waals surface area contributed by atoms with E-state index in [9.17, 15) is 4.79 Å². The van der Waals surface area contributed by atoms with E-state index in [1.807, 2.05) is 43.3 Å². The zero-order chi connectivity index (χ0) is 18.4. The summed E-state index contributed by atoms with van der Waals surface area (Å²) in [4.78, 5) is 22.8. The standard InChI is InChI=1S/C20H17N5O/c1-2-25(17-9-4-3-5-10-17)19(26)16-13-22-20(23-14-16)24-18-11-7-6-8-15(18)12-21/h3-11,13-14H,2H2,1H3,(H,22,23,24). The molecule has 0 unspecified atom stereocenters. The van der Waals surface area contributed by atoms with Gasteiger partial charge in [-0.15, -0.1) is 0 Å². The highest BCUT2D eigenvalue weighted by Crippen LogP contribution is 2.19. The maximum absolute atomic E-state index is 12.7. The molecule has 3 rings (SSSR count). The summed E-state index contributed by atoms with van der Waals surface area (Å²) in [5.74, 6) is 0.162. The quantitative estimate of drug-likeness (QED) is 0.763. The maximum Gasteiger partial charge on any atom is 0.261 e. The fourth-order valence-electron chi connectivity index (χ4n) is 2.52. The van der Waals surface area contributed by atoms with Crippen molar-refractivity contribution in [2.45, 2.75) is 6.92 Å². The van der Waals surface area contributed by atoms with Crippen LogP contribution in [0.3, 0.4) is 0 Å². The van der Waals surface area contributed by atoms with Gasteiger partial charge in [0.25, 0.3) is 5.91 Å². The van der Waals surface area contributed by atoms with Gasteiger partial charge in [0, 0.05) is 24.6 Å². The number of amides is 1. The molecule has 0 atom stereocenters. The molecule has 0 radical (unpaired) electrons. The van der Waals surface area contributed by atoms with Gasteiger partial charge in [-0.1, -0.05) is 30.3 Å². The highest BCUT2D eigenvalue weighted by molar-refractivity contribution is 6.05. The number of carbonyl (C=O) groups excluding carboxylic acids is 1. The van der Waals surface area contributed by atoms with Gasteiger partial charge in [-0.05, 0) is 31.2 Å². The summed E-state index contributed by atoms with van der Waals surface area (Å²) < 4.78 is 0. The van der Waals surface area contributed by atoms with Crippen LogP contribution in [0, 0.1) is 11.3 Å². The summed E-state index contributed by atoms with van der Waals surface area (Å²) >= 11 is 0. The molecule has 3 aromatic rings. The number of anilines is 3. The van der Waals surface area contributed by atoms with Gasteiger partial charge in [0.2, 0.25) is 5.95 Å². The van der Waals surface area contributed by atoms with E-state index in [2.05, 4.69) is 21.4 Å². The van der Waals surface area contributed by atoms with E-state index in [-0.39, 0.29) is 5.91 Å². The van der Waals surface area contributed by atoms with Crippen molar-refractivity contribution < 1.29 is 4.79 Å². The van der Waals surface area contributed by atoms with Gasteiger partial charge in [-0.3, -0.25) is 4.79 Å². The Labute approximate surface area is 151 Å². The SMILES string of the molecule is CCN(C(=O)c1cnc(Nc2ccccc2C#N)nc1)c1ccccc1. The summed E-state index contributed by atoms with van der Waals surface area (Å²) in [6, 6.07) is 18.7. The number of para-hydroxylation sites is 2. The van der Waals surface area contributed by atoms with E-state index in [0.717, 1.165) is 5.69 Å². The van der Waals surface area contributed by atoms with Crippen LogP contribution >= 0.6 is 0 Å². The van der Waals surface area contributed by atoms with Gasteiger partial charge in [0.05, 0.1) is 16.8 Å². The first-order chi connectivity index (χ1) is 12.7. The lowest BCUT2D eigenvalue weighted by molar-refractivity contribution is 0.0987. The van der Waals surface area contributed by atoms with Crippen molar-refractivity contribution in [3.8, 4) is 6.07 Å². The van der Waals surface area contributed by atoms with E-state index in [4.69, 9.17) is 5.26 Å². The molecule has 0 saturated carbocycles. The summed E-state index contributed by atoms with van der Waals surface area (Å²) in [6.45, 7) is 2.46. The smallest absolute Gasteiger partial charge is 0.261 e. The van der Waals surface area contributed by atoms with Crippen molar-refractivity contribution in [2.75, 3.05) is 16.8 Å². The van der Waals surface area contributed by atoms with Crippen molar-refractivity contribution in [3.05, 3.63) is 78.1 Å². The van der Waals surface area contributed by atoms with Gasteiger partial charge in [0.15, 0.2) is 0 Å². The number of nitriles is 1. The van der Waals surface area contributed by atoms with Gasteiger partial charge in [-0.2, -0.15) is 5.26 Å². The lowest BCUT2D eigenvalue weighted by Gasteiger charge is -2.20. The lowest BCUT2D eigenvalue weighted by Crippen LogP contribution is -2.30. The number of nitrogens with one attached hydrogen (secondary N) is 1. The van der Waals surface area contributed by atoms with Crippen LogP contribution in [0.4, 0.5) is 17.3 Å². The molecule has 26 heavy (non-hydrogen) atoms. The summed E-state index contributed by atoms with van der Waals surface area (Å²) in [7, 11) is 0. The second kappa shape index (κ2) is 7.90. The second-order valence-electron chi connectivity index (χ2n) is 5.46. The number of carbonyl (C=O) groups is 1. The van der Waals surface area contributed by atoms with Crippen LogP contribution in [0.15, 0.2) is 67.0 Å². The molecule has 6 heteroatoms. The molecule has 1 aromatic heterocycles. The molecule has 6 nitrogen and oxygen atoms in total. The Bertz CT molecular complexity index is 932. The normalized spacial score (nSPS) is 10.0. The molecular formula is C20H17N5O. The summed E-state index contributed by atoms with van der Waals surface area (Å²) in [5.41, 5.74) is 2.34. The lowest BCUT2D eigenvalue weighted by atomic mass is 10.2. The molecule has 0 spiro atoms. The van der Waals surface area contributed by atoms with Crippen molar-refractivity contribution in [1.29, 1.82) is 5.26 Å². The molecule has 128 valence electrons. The molecule has 0 aliphatic heterocycles. The van der Waals surface area contributed by atoms with Crippen LogP contribution in [0.2, 0.25) is 0 Å². The fraction of sp³-hybridized carbons (Fsp3) is 0.100. The average Bonchev–Trinajstić information content (AvgIpc) is 2.70. The Hall–Kier alpha value is -3.72. The molecule has 0 fully saturated rings. The van der Waals surface area contributed by atoms with Crippen LogP contribution in [-0.4, -0.2) is 22.4 Å². The van der Waals surface area contributed by atoms with Gasteiger partial charge in [-0.25, -0.2) is 9.97 Å². The Kier molecular flexibility index (Phi) is 5.20. The monoisotopic (exact) mass is 343 g/mol. The third-order valence-corrected chi connectivity index (χ3v) is 3.82. The third-order valence-electron chi connectivity index (χ3n) is 3.82. The molecule has 0 aliphatic rings. The van der Waals surface area contributed by atoms with Crippen LogP contribution < -0.4 is 10.2 Å². The Morgan fingerprint density at radius 3 is 2.38 bits per heavy atom. The van der Waals surface area contributed by atoms with E-state index >= 15 is 0 Å². The van der Waals surface area contributed by atoms with Crippen LogP contribution in [0.25, 0.3) is 0 Å². The topological polar surface area (TPSA) is 81.9 Å². The highest BCUT2D eigenvalue weighted by atomic mass is 16.2. The predicted molar refractivity (Wildman–Crippen MR) is 100 cm³/mol. The number of rotatable bonds is 5. The van der Waals surface area contributed by atoms with Crippen molar-refractivity contribution in [1.82, 2.24) is 9.97 Å². The van der Waals surface area contributed by atoms with Crippen molar-refractivity contribution >= 4 is 23.2 Å². The number of hydrogen-bond acceptors (Lipinski definition) is 5. The first-order valence-corrected chi connectivity index (χ1v) is 8.18. The molecule has 1 amide bonds. The van der Waals surface area contributed by atoms with Crippen molar-refractivity contribution in [2.24, 2.45) is 0 Å². The summed E-state index contributed by atoms with van der Waals surface area (Å²) in [5, 5.41) is 12.1. The molecule has 0 bridgehead atoms. The molecule has 0 saturated heterocycles. The van der Waals surface area contributed by atoms with Gasteiger partial charge in [0.1, 0.15) is 6.07 Å². The minimum absolute atomic E-state index is 0.164. The minimum Gasteiger partial charge on any atom is -0.323 e. The molecule has 2 aromatic carbocycles. The Morgan fingerprint density at radius 2 is 1.73 bits per heavy atom. The van der Waals surface area contributed by atoms with Crippen LogP contribution in [0.1, 0.15) is 22.8 Å². The Balaban J connectivity index is 1.79. The second-order valence-corrected chi connectivity index (χ2v) is 5.46. The maximum atomic E-state index is 12.7. The molecule has 0 aliphatic carbocycles. The Morgan fingerprint density at radius 1 is 1.08 bits per heavy atom. The van der Waals surface area contributed by atoms with Crippen LogP contribution in [0.5, 0.6) is 0 Å². The number of hydrogen-bond donors (Lipinski definition) is 1. The molecule has 1 heterocycles. The average molecular weight is 343 g/mol. The van der Waals surface area contributed by atoms with Crippen LogP contribution in [-0.2, 0) is 0 Å². The zero-order valence-corrected chi connectivity index (χ0v) is 14.3. The first-order valence-electron chi connectivity index (χ1n) is 8.18. The van der Waals surface area contributed by atoms with E-state index in [1.54, 1.807) is 23.1 Å². The van der Waals surface area contributed by atoms with Gasteiger partial charge < -0.3 is 10.2 Å². The zero-order valence-electron chi connectivity index (χ0n) is 14.3. The van der Waals surface area contributed by atoms with Gasteiger partial charge >= 0.3 is 0 Å². The predicted octanol–water partition coefficient (Wildman–Crippen LogP) is 3.76. The third kappa shape index (κ3) is 3.68. The van der Waals surface area contributed by atoms with E-state index < -0.39 is 0 Å². The number of benzene rings is 2. The highest BCUT2D eigenvalue weighted by Gasteiger charge is 2.16. The van der Waals surface area contributed by atoms with E-state index in [1.165, 1.54) is 12.4 Å². The van der Waals surface area contributed by atoms with E-state index in [0.29, 0.717) is 29.3 Å². The fourth-order valence-corrected chi connectivity index (χ4v) is 2.52. The largest absolute Gasteiger partial charge is 0.323 e. The summed E-state index contributed by atoms with van der Waals surface area (Å²) in [6.07, 6.45) is 2.97. The van der Waals surface area contributed by atoms with Crippen molar-refractivity contribution in [3.63, 3.8) is 0 Å². The molecular weight excluding hydrogens is 326 g/mol. The number of aromatic nitrogens is 2. The number of nitrogens with zero attached hydrogens (tertiary/aromatic N) is 4. The minimum atomic E-state index is -0.164.